The quantitative estimate of drug-likeness (QED) is 0.820. The minimum absolute atomic E-state index is 0.0348. The summed E-state index contributed by atoms with van der Waals surface area (Å²) in [5, 5.41) is 0. The molecule has 1 amide bonds. The van der Waals surface area contributed by atoms with E-state index < -0.39 is 11.7 Å². The van der Waals surface area contributed by atoms with Crippen LogP contribution in [0.5, 0.6) is 0 Å². The molecule has 0 radical (unpaired) electrons. The molecule has 1 aliphatic rings. The molecule has 3 nitrogen and oxygen atoms in total. The van der Waals surface area contributed by atoms with E-state index >= 15 is 0 Å². The minimum atomic E-state index is -4.35. The van der Waals surface area contributed by atoms with Gasteiger partial charge in [-0.2, -0.15) is 13.2 Å². The Kier molecular flexibility index (Phi) is 4.70. The van der Waals surface area contributed by atoms with Crippen LogP contribution >= 0.6 is 0 Å². The van der Waals surface area contributed by atoms with Crippen LogP contribution in [0.3, 0.4) is 0 Å². The summed E-state index contributed by atoms with van der Waals surface area (Å²) in [6.45, 7) is 3.94. The monoisotopic (exact) mass is 348 g/mol. The van der Waals surface area contributed by atoms with E-state index in [0.717, 1.165) is 17.7 Å². The van der Waals surface area contributed by atoms with E-state index in [1.807, 2.05) is 30.0 Å². The highest BCUT2D eigenvalue weighted by Crippen LogP contribution is 2.31. The fraction of sp³-hybridized carbons (Fsp3) is 0.316. The number of nitrogens with zero attached hydrogens (tertiary/aromatic N) is 2. The van der Waals surface area contributed by atoms with Gasteiger partial charge in [-0.25, -0.2) is 0 Å². The van der Waals surface area contributed by atoms with Crippen LogP contribution in [0.1, 0.15) is 21.5 Å². The van der Waals surface area contributed by atoms with Crippen molar-refractivity contribution < 1.29 is 18.0 Å². The van der Waals surface area contributed by atoms with Crippen molar-refractivity contribution in [2.24, 2.45) is 0 Å². The van der Waals surface area contributed by atoms with Crippen molar-refractivity contribution in [1.29, 1.82) is 0 Å². The van der Waals surface area contributed by atoms with Crippen LogP contribution in [0.2, 0.25) is 0 Å². The Morgan fingerprint density at radius 3 is 2.28 bits per heavy atom. The van der Waals surface area contributed by atoms with E-state index in [9.17, 15) is 18.0 Å². The van der Waals surface area contributed by atoms with Gasteiger partial charge in [0.25, 0.3) is 5.91 Å². The molecule has 0 N–H and O–H groups in total. The zero-order valence-electron chi connectivity index (χ0n) is 13.9. The van der Waals surface area contributed by atoms with Gasteiger partial charge in [-0.05, 0) is 37.3 Å². The number of benzene rings is 2. The molecule has 25 heavy (non-hydrogen) atoms. The smallest absolute Gasteiger partial charge is 0.368 e. The molecule has 1 saturated heterocycles. The summed E-state index contributed by atoms with van der Waals surface area (Å²) < 4.78 is 38.6. The van der Waals surface area contributed by atoms with E-state index in [0.29, 0.717) is 37.4 Å². The van der Waals surface area contributed by atoms with Gasteiger partial charge in [-0.15, -0.1) is 0 Å². The van der Waals surface area contributed by atoms with Crippen LogP contribution in [-0.4, -0.2) is 37.0 Å². The number of hydrogen-bond acceptors (Lipinski definition) is 2. The molecule has 0 saturated carbocycles. The molecule has 132 valence electrons. The Labute approximate surface area is 144 Å². The lowest BCUT2D eigenvalue weighted by Gasteiger charge is -2.36. The maximum atomic E-state index is 12.9. The molecular formula is C19H19F3N2O. The Hall–Kier alpha value is -2.50. The highest BCUT2D eigenvalue weighted by molar-refractivity contribution is 5.94. The maximum Gasteiger partial charge on any atom is 0.416 e. The first-order valence-electron chi connectivity index (χ1n) is 8.13. The number of halogens is 3. The van der Waals surface area contributed by atoms with Crippen molar-refractivity contribution in [1.82, 2.24) is 4.90 Å². The van der Waals surface area contributed by atoms with E-state index in [2.05, 4.69) is 0 Å². The third-order valence-corrected chi connectivity index (χ3v) is 4.37. The van der Waals surface area contributed by atoms with Gasteiger partial charge in [0, 0.05) is 37.4 Å². The number of rotatable bonds is 2. The molecule has 0 aliphatic carbocycles. The summed E-state index contributed by atoms with van der Waals surface area (Å²) in [5.41, 5.74) is 1.56. The van der Waals surface area contributed by atoms with Gasteiger partial charge in [0.2, 0.25) is 0 Å². The lowest BCUT2D eigenvalue weighted by molar-refractivity contribution is -0.137. The number of anilines is 1. The second-order valence-electron chi connectivity index (χ2n) is 6.20. The Bertz CT molecular complexity index is 765. The number of carbonyl (C=O) groups excluding carboxylic acids is 1. The van der Waals surface area contributed by atoms with Crippen LogP contribution in [0.25, 0.3) is 0 Å². The van der Waals surface area contributed by atoms with Crippen LogP contribution in [0.4, 0.5) is 18.9 Å². The maximum absolute atomic E-state index is 12.9. The Morgan fingerprint density at radius 1 is 0.960 bits per heavy atom. The zero-order valence-corrected chi connectivity index (χ0v) is 13.9. The third kappa shape index (κ3) is 3.95. The lowest BCUT2D eigenvalue weighted by atomic mass is 10.1. The largest absolute Gasteiger partial charge is 0.416 e. The molecule has 1 heterocycles. The zero-order chi connectivity index (χ0) is 18.0. The molecule has 0 aromatic heterocycles. The van der Waals surface area contributed by atoms with Gasteiger partial charge in [0.1, 0.15) is 0 Å². The van der Waals surface area contributed by atoms with Crippen LogP contribution in [-0.2, 0) is 6.18 Å². The molecule has 0 bridgehead atoms. The molecule has 3 rings (SSSR count). The van der Waals surface area contributed by atoms with Crippen molar-refractivity contribution >= 4 is 11.6 Å². The van der Waals surface area contributed by atoms with Gasteiger partial charge in [-0.3, -0.25) is 4.79 Å². The topological polar surface area (TPSA) is 23.6 Å². The summed E-state index contributed by atoms with van der Waals surface area (Å²) in [6.07, 6.45) is -4.35. The molecule has 0 spiro atoms. The highest BCUT2D eigenvalue weighted by atomic mass is 19.4. The number of alkyl halides is 3. The summed E-state index contributed by atoms with van der Waals surface area (Å²) in [7, 11) is 0. The van der Waals surface area contributed by atoms with E-state index in [-0.39, 0.29) is 5.91 Å². The van der Waals surface area contributed by atoms with Crippen LogP contribution in [0.15, 0.2) is 48.5 Å². The number of piperazine rings is 1. The van der Waals surface area contributed by atoms with Crippen molar-refractivity contribution in [2.45, 2.75) is 13.1 Å². The van der Waals surface area contributed by atoms with Crippen LogP contribution in [0, 0.1) is 6.92 Å². The standard InChI is InChI=1S/C19H19F3N2O/c1-14-4-2-5-15(12-14)18(25)24-10-8-23(9-11-24)17-7-3-6-16(13-17)19(20,21)22/h2-7,12-13H,8-11H2,1H3. The van der Waals surface area contributed by atoms with Gasteiger partial charge >= 0.3 is 6.18 Å². The number of hydrogen-bond donors (Lipinski definition) is 0. The average Bonchev–Trinajstić information content (AvgIpc) is 2.61. The first-order chi connectivity index (χ1) is 11.8. The fourth-order valence-corrected chi connectivity index (χ4v) is 3.01. The molecule has 2 aromatic rings. The molecule has 2 aromatic carbocycles. The summed E-state index contributed by atoms with van der Waals surface area (Å²) in [6, 6.07) is 12.7. The molecule has 6 heteroatoms. The second-order valence-corrected chi connectivity index (χ2v) is 6.20. The average molecular weight is 348 g/mol. The van der Waals surface area contributed by atoms with Gasteiger partial charge < -0.3 is 9.80 Å². The van der Waals surface area contributed by atoms with Gasteiger partial charge in [0.15, 0.2) is 0 Å². The van der Waals surface area contributed by atoms with Crippen LogP contribution < -0.4 is 4.90 Å². The number of amides is 1. The van der Waals surface area contributed by atoms with E-state index in [4.69, 9.17) is 0 Å². The van der Waals surface area contributed by atoms with E-state index in [1.165, 1.54) is 6.07 Å². The van der Waals surface area contributed by atoms with Gasteiger partial charge in [-0.1, -0.05) is 23.8 Å². The number of carbonyl (C=O) groups is 1. The van der Waals surface area contributed by atoms with Crippen molar-refractivity contribution in [3.05, 3.63) is 65.2 Å². The lowest BCUT2D eigenvalue weighted by Crippen LogP contribution is -2.48. The summed E-state index contributed by atoms with van der Waals surface area (Å²) >= 11 is 0. The Morgan fingerprint density at radius 2 is 1.64 bits per heavy atom. The molecule has 0 atom stereocenters. The van der Waals surface area contributed by atoms with Crippen molar-refractivity contribution in [3.63, 3.8) is 0 Å². The Balaban J connectivity index is 1.67. The fourth-order valence-electron chi connectivity index (χ4n) is 3.01. The third-order valence-electron chi connectivity index (χ3n) is 4.37. The number of aryl methyl sites for hydroxylation is 1. The first kappa shape index (κ1) is 17.3. The second kappa shape index (κ2) is 6.78. The molecule has 0 unspecified atom stereocenters. The van der Waals surface area contributed by atoms with Crippen molar-refractivity contribution in [3.8, 4) is 0 Å². The molecular weight excluding hydrogens is 329 g/mol. The van der Waals surface area contributed by atoms with Crippen molar-refractivity contribution in [2.75, 3.05) is 31.1 Å². The summed E-state index contributed by atoms with van der Waals surface area (Å²) in [5.74, 6) is -0.0348. The van der Waals surface area contributed by atoms with Gasteiger partial charge in [0.05, 0.1) is 5.56 Å². The predicted molar refractivity (Wildman–Crippen MR) is 90.7 cm³/mol. The minimum Gasteiger partial charge on any atom is -0.368 e. The molecule has 1 aliphatic heterocycles. The normalized spacial score (nSPS) is 15.4. The first-order valence-corrected chi connectivity index (χ1v) is 8.13. The van der Waals surface area contributed by atoms with E-state index in [1.54, 1.807) is 17.0 Å². The molecule has 1 fully saturated rings. The SMILES string of the molecule is Cc1cccc(C(=O)N2CCN(c3cccc(C(F)(F)F)c3)CC2)c1. The highest BCUT2D eigenvalue weighted by Gasteiger charge is 2.31. The summed E-state index contributed by atoms with van der Waals surface area (Å²) in [4.78, 5) is 16.2. The predicted octanol–water partition coefficient (Wildman–Crippen LogP) is 3.98.